The summed E-state index contributed by atoms with van der Waals surface area (Å²) in [4.78, 5) is 12.3. The first-order chi connectivity index (χ1) is 10.8. The Balaban J connectivity index is 2.19. The summed E-state index contributed by atoms with van der Waals surface area (Å²) in [5.41, 5.74) is 3.18. The van der Waals surface area contributed by atoms with Crippen LogP contribution in [0.15, 0.2) is 48.5 Å². The normalized spacial score (nSPS) is 11.1. The van der Waals surface area contributed by atoms with Crippen molar-refractivity contribution in [3.05, 3.63) is 59.7 Å². The van der Waals surface area contributed by atoms with Gasteiger partial charge in [0.2, 0.25) is 15.9 Å². The molecule has 1 N–H and O–H groups in total. The zero-order valence-electron chi connectivity index (χ0n) is 13.4. The molecule has 0 aliphatic heterocycles. The molecule has 0 saturated carbocycles. The van der Waals surface area contributed by atoms with E-state index in [0.29, 0.717) is 11.4 Å². The molecule has 0 atom stereocenters. The number of carbonyl (C=O) groups excluding carboxylic acids is 1. The predicted molar refractivity (Wildman–Crippen MR) is 93.2 cm³/mol. The minimum Gasteiger partial charge on any atom is -0.324 e. The van der Waals surface area contributed by atoms with Gasteiger partial charge in [-0.05, 0) is 37.6 Å². The van der Waals surface area contributed by atoms with E-state index in [9.17, 15) is 13.2 Å². The Kier molecular flexibility index (Phi) is 5.05. The lowest BCUT2D eigenvalue weighted by atomic mass is 10.1. The van der Waals surface area contributed by atoms with Crippen molar-refractivity contribution in [2.75, 3.05) is 22.4 Å². The second-order valence-corrected chi connectivity index (χ2v) is 7.38. The van der Waals surface area contributed by atoms with Gasteiger partial charge in [0.25, 0.3) is 0 Å². The number of amides is 1. The van der Waals surface area contributed by atoms with Gasteiger partial charge in [-0.2, -0.15) is 0 Å². The molecule has 23 heavy (non-hydrogen) atoms. The van der Waals surface area contributed by atoms with E-state index in [-0.39, 0.29) is 12.5 Å². The predicted octanol–water partition coefficient (Wildman–Crippen LogP) is 2.71. The molecule has 0 saturated heterocycles. The van der Waals surface area contributed by atoms with Crippen LogP contribution >= 0.6 is 0 Å². The van der Waals surface area contributed by atoms with Crippen molar-refractivity contribution >= 4 is 27.3 Å². The van der Waals surface area contributed by atoms with E-state index in [1.165, 1.54) is 0 Å². The number of anilines is 2. The summed E-state index contributed by atoms with van der Waals surface area (Å²) in [6, 6.07) is 14.2. The van der Waals surface area contributed by atoms with E-state index in [1.807, 2.05) is 32.0 Å². The lowest BCUT2D eigenvalue weighted by Gasteiger charge is -2.22. The van der Waals surface area contributed by atoms with E-state index in [0.717, 1.165) is 21.7 Å². The first kappa shape index (κ1) is 17.0. The molecule has 0 fully saturated rings. The highest BCUT2D eigenvalue weighted by molar-refractivity contribution is 7.92. The molecule has 122 valence electrons. The topological polar surface area (TPSA) is 66.5 Å². The third-order valence-corrected chi connectivity index (χ3v) is 4.53. The number of aryl methyl sites for hydroxylation is 2. The largest absolute Gasteiger partial charge is 0.324 e. The van der Waals surface area contributed by atoms with Crippen molar-refractivity contribution < 1.29 is 13.2 Å². The maximum atomic E-state index is 12.3. The Morgan fingerprint density at radius 1 is 1.09 bits per heavy atom. The second kappa shape index (κ2) is 6.83. The Bertz CT molecular complexity index is 802. The van der Waals surface area contributed by atoms with Crippen LogP contribution in [-0.4, -0.2) is 27.1 Å². The molecule has 6 heteroatoms. The zero-order chi connectivity index (χ0) is 17.0. The molecular weight excluding hydrogens is 312 g/mol. The van der Waals surface area contributed by atoms with Crippen molar-refractivity contribution in [2.24, 2.45) is 0 Å². The molecule has 0 radical (unpaired) electrons. The van der Waals surface area contributed by atoms with Crippen LogP contribution in [0.3, 0.4) is 0 Å². The molecule has 2 aromatic rings. The summed E-state index contributed by atoms with van der Waals surface area (Å²) < 4.78 is 25.0. The quantitative estimate of drug-likeness (QED) is 0.915. The van der Waals surface area contributed by atoms with E-state index < -0.39 is 10.0 Å². The molecule has 0 aromatic heterocycles. The highest BCUT2D eigenvalue weighted by Crippen LogP contribution is 2.18. The Morgan fingerprint density at radius 3 is 2.30 bits per heavy atom. The van der Waals surface area contributed by atoms with Crippen LogP contribution in [0, 0.1) is 13.8 Å². The van der Waals surface area contributed by atoms with Crippen LogP contribution in [0.2, 0.25) is 0 Å². The maximum Gasteiger partial charge on any atom is 0.245 e. The zero-order valence-corrected chi connectivity index (χ0v) is 14.2. The number of carbonyl (C=O) groups is 1. The monoisotopic (exact) mass is 332 g/mol. The van der Waals surface area contributed by atoms with Gasteiger partial charge in [-0.25, -0.2) is 8.42 Å². The van der Waals surface area contributed by atoms with Crippen molar-refractivity contribution in [3.8, 4) is 0 Å². The van der Waals surface area contributed by atoms with E-state index in [4.69, 9.17) is 0 Å². The minimum atomic E-state index is -3.55. The number of nitrogens with zero attached hydrogens (tertiary/aromatic N) is 1. The molecule has 0 aliphatic rings. The maximum absolute atomic E-state index is 12.3. The summed E-state index contributed by atoms with van der Waals surface area (Å²) in [6.07, 6.45) is 1.09. The third-order valence-electron chi connectivity index (χ3n) is 3.39. The number of benzene rings is 2. The number of hydrogen-bond donors (Lipinski definition) is 1. The first-order valence-electron chi connectivity index (χ1n) is 7.17. The highest BCUT2D eigenvalue weighted by Gasteiger charge is 2.20. The molecule has 5 nitrogen and oxygen atoms in total. The summed E-state index contributed by atoms with van der Waals surface area (Å²) in [5, 5.41) is 2.76. The minimum absolute atomic E-state index is 0.268. The molecular formula is C17H20N2O3S. The Labute approximate surface area is 137 Å². The number of para-hydroxylation sites is 1. The Morgan fingerprint density at radius 2 is 1.74 bits per heavy atom. The lowest BCUT2D eigenvalue weighted by molar-refractivity contribution is -0.114. The van der Waals surface area contributed by atoms with Crippen LogP contribution in [0.4, 0.5) is 11.4 Å². The van der Waals surface area contributed by atoms with Gasteiger partial charge in [-0.1, -0.05) is 35.9 Å². The number of nitrogens with one attached hydrogen (secondary N) is 1. The van der Waals surface area contributed by atoms with Gasteiger partial charge in [0.1, 0.15) is 6.54 Å². The van der Waals surface area contributed by atoms with Gasteiger partial charge in [0, 0.05) is 5.69 Å². The van der Waals surface area contributed by atoms with Gasteiger partial charge in [-0.3, -0.25) is 9.10 Å². The molecule has 0 unspecified atom stereocenters. The summed E-state index contributed by atoms with van der Waals surface area (Å²) in [5.74, 6) is -0.383. The second-order valence-electron chi connectivity index (χ2n) is 5.47. The van der Waals surface area contributed by atoms with Gasteiger partial charge in [0.05, 0.1) is 11.9 Å². The van der Waals surface area contributed by atoms with Gasteiger partial charge in [0.15, 0.2) is 0 Å². The standard InChI is InChI=1S/C17H20N2O3S/c1-13-9-10-16(14(2)11-13)18-17(20)12-19(23(3,21)22)15-7-5-4-6-8-15/h4-11H,12H2,1-3H3,(H,18,20). The van der Waals surface area contributed by atoms with E-state index >= 15 is 0 Å². The fourth-order valence-corrected chi connectivity index (χ4v) is 3.12. The highest BCUT2D eigenvalue weighted by atomic mass is 32.2. The molecule has 0 aliphatic carbocycles. The summed E-state index contributed by atoms with van der Waals surface area (Å²) >= 11 is 0. The van der Waals surface area contributed by atoms with Crippen LogP contribution in [0.5, 0.6) is 0 Å². The number of hydrogen-bond acceptors (Lipinski definition) is 3. The molecule has 2 aromatic carbocycles. The van der Waals surface area contributed by atoms with Crippen LogP contribution < -0.4 is 9.62 Å². The lowest BCUT2D eigenvalue weighted by Crippen LogP contribution is -2.37. The average Bonchev–Trinajstić information content (AvgIpc) is 2.47. The van der Waals surface area contributed by atoms with E-state index in [2.05, 4.69) is 5.32 Å². The smallest absolute Gasteiger partial charge is 0.245 e. The van der Waals surface area contributed by atoms with Gasteiger partial charge >= 0.3 is 0 Å². The van der Waals surface area contributed by atoms with Crippen molar-refractivity contribution in [1.82, 2.24) is 0 Å². The molecule has 0 bridgehead atoms. The van der Waals surface area contributed by atoms with Crippen LogP contribution in [0.25, 0.3) is 0 Å². The van der Waals surface area contributed by atoms with E-state index in [1.54, 1.807) is 30.3 Å². The van der Waals surface area contributed by atoms with Gasteiger partial charge < -0.3 is 5.32 Å². The average molecular weight is 332 g/mol. The Hall–Kier alpha value is -2.34. The van der Waals surface area contributed by atoms with Crippen molar-refractivity contribution in [2.45, 2.75) is 13.8 Å². The van der Waals surface area contributed by atoms with Crippen molar-refractivity contribution in [3.63, 3.8) is 0 Å². The molecule has 0 spiro atoms. The van der Waals surface area contributed by atoms with Gasteiger partial charge in [-0.15, -0.1) is 0 Å². The van der Waals surface area contributed by atoms with Crippen molar-refractivity contribution in [1.29, 1.82) is 0 Å². The molecule has 2 rings (SSSR count). The molecule has 1 amide bonds. The number of rotatable bonds is 5. The number of sulfonamides is 1. The summed E-state index contributed by atoms with van der Waals surface area (Å²) in [6.45, 7) is 3.60. The SMILES string of the molecule is Cc1ccc(NC(=O)CN(c2ccccc2)S(C)(=O)=O)c(C)c1. The van der Waals surface area contributed by atoms with Crippen LogP contribution in [0.1, 0.15) is 11.1 Å². The first-order valence-corrected chi connectivity index (χ1v) is 9.02. The fourth-order valence-electron chi connectivity index (χ4n) is 2.27. The van der Waals surface area contributed by atoms with Crippen LogP contribution in [-0.2, 0) is 14.8 Å². The summed E-state index contributed by atoms with van der Waals surface area (Å²) in [7, 11) is -3.55. The molecule has 0 heterocycles. The third kappa shape index (κ3) is 4.56. The fraction of sp³-hybridized carbons (Fsp3) is 0.235.